The number of nitrogens with one attached hydrogen (secondary N) is 1. The first-order valence-corrected chi connectivity index (χ1v) is 8.24. The topological polar surface area (TPSA) is 49.4 Å². The number of hydrogen-bond donors (Lipinski definition) is 1. The molecule has 1 saturated carbocycles. The van der Waals surface area contributed by atoms with E-state index < -0.39 is 5.54 Å². The largest absolute Gasteiger partial charge is 0.340 e. The van der Waals surface area contributed by atoms with Crippen molar-refractivity contribution in [2.45, 2.75) is 83.2 Å². The normalized spacial score (nSPS) is 25.9. The number of hydrogen-bond acceptors (Lipinski definition) is 2. The summed E-state index contributed by atoms with van der Waals surface area (Å²) < 4.78 is 0. The van der Waals surface area contributed by atoms with E-state index in [1.54, 1.807) is 0 Å². The number of carbonyl (C=O) groups is 2. The molecule has 4 nitrogen and oxygen atoms in total. The summed E-state index contributed by atoms with van der Waals surface area (Å²) in [4.78, 5) is 26.9. The minimum atomic E-state index is -0.577. The molecule has 0 aromatic rings. The van der Waals surface area contributed by atoms with Gasteiger partial charge in [-0.15, -0.1) is 0 Å². The zero-order chi connectivity index (χ0) is 14.6. The molecule has 1 heterocycles. The molecule has 0 radical (unpaired) electrons. The van der Waals surface area contributed by atoms with Crippen molar-refractivity contribution >= 4 is 11.8 Å². The molecule has 0 aromatic carbocycles. The van der Waals surface area contributed by atoms with Gasteiger partial charge in [-0.05, 0) is 26.2 Å². The summed E-state index contributed by atoms with van der Waals surface area (Å²) in [5.74, 6) is 0.197. The maximum absolute atomic E-state index is 12.8. The van der Waals surface area contributed by atoms with E-state index in [4.69, 9.17) is 0 Å². The Hall–Kier alpha value is -1.06. The van der Waals surface area contributed by atoms with Crippen molar-refractivity contribution in [2.75, 3.05) is 6.54 Å². The molecule has 0 bridgehead atoms. The first-order chi connectivity index (χ1) is 9.60. The summed E-state index contributed by atoms with van der Waals surface area (Å²) in [6.07, 6.45) is 9.44. The van der Waals surface area contributed by atoms with E-state index in [2.05, 4.69) is 12.2 Å². The quantitative estimate of drug-likeness (QED) is 0.787. The van der Waals surface area contributed by atoms with Crippen molar-refractivity contribution in [2.24, 2.45) is 0 Å². The molecule has 114 valence electrons. The van der Waals surface area contributed by atoms with E-state index in [1.165, 1.54) is 19.3 Å². The Morgan fingerprint density at radius 3 is 2.50 bits per heavy atom. The summed E-state index contributed by atoms with van der Waals surface area (Å²) in [5.41, 5.74) is -0.577. The van der Waals surface area contributed by atoms with Gasteiger partial charge < -0.3 is 10.2 Å². The van der Waals surface area contributed by atoms with E-state index in [9.17, 15) is 9.59 Å². The van der Waals surface area contributed by atoms with Gasteiger partial charge in [0.15, 0.2) is 0 Å². The van der Waals surface area contributed by atoms with Crippen LogP contribution in [0.25, 0.3) is 0 Å². The molecule has 2 rings (SSSR count). The average Bonchev–Trinajstić information content (AvgIpc) is 2.46. The Kier molecular flexibility index (Phi) is 5.06. The second-order valence-corrected chi connectivity index (χ2v) is 6.37. The van der Waals surface area contributed by atoms with Gasteiger partial charge in [-0.1, -0.05) is 45.4 Å². The lowest BCUT2D eigenvalue weighted by Crippen LogP contribution is -2.70. The van der Waals surface area contributed by atoms with E-state index >= 15 is 0 Å². The summed E-state index contributed by atoms with van der Waals surface area (Å²) in [6, 6.07) is -0.309. The standard InChI is InChI=1S/C16H28N2O2/c1-3-4-5-9-12-18-13(2)14(19)17-16(15(18)20)10-7-6-8-11-16/h13H,3-12H2,1-2H3,(H,17,19). The Labute approximate surface area is 122 Å². The molecule has 0 aromatic heterocycles. The molecule has 20 heavy (non-hydrogen) atoms. The Morgan fingerprint density at radius 1 is 1.15 bits per heavy atom. The third-order valence-electron chi connectivity index (χ3n) is 4.84. The van der Waals surface area contributed by atoms with Crippen molar-refractivity contribution in [3.05, 3.63) is 0 Å². The minimum absolute atomic E-state index is 0.0296. The third-order valence-corrected chi connectivity index (χ3v) is 4.84. The van der Waals surface area contributed by atoms with E-state index in [0.717, 1.165) is 45.1 Å². The number of amides is 2. The van der Waals surface area contributed by atoms with Gasteiger partial charge in [0, 0.05) is 6.54 Å². The number of piperazine rings is 1. The van der Waals surface area contributed by atoms with Crippen molar-refractivity contribution in [3.8, 4) is 0 Å². The van der Waals surface area contributed by atoms with Crippen LogP contribution in [0.4, 0.5) is 0 Å². The van der Waals surface area contributed by atoms with Gasteiger partial charge in [0.05, 0.1) is 0 Å². The highest BCUT2D eigenvalue weighted by Crippen LogP contribution is 2.33. The predicted octanol–water partition coefficient (Wildman–Crippen LogP) is 2.62. The van der Waals surface area contributed by atoms with Gasteiger partial charge in [-0.3, -0.25) is 9.59 Å². The number of carbonyl (C=O) groups excluding carboxylic acids is 2. The van der Waals surface area contributed by atoms with E-state index in [-0.39, 0.29) is 17.9 Å². The van der Waals surface area contributed by atoms with Crippen LogP contribution < -0.4 is 5.32 Å². The highest BCUT2D eigenvalue weighted by molar-refractivity contribution is 5.99. The predicted molar refractivity (Wildman–Crippen MR) is 79.3 cm³/mol. The zero-order valence-electron chi connectivity index (χ0n) is 12.9. The van der Waals surface area contributed by atoms with Crippen LogP contribution in [0, 0.1) is 0 Å². The smallest absolute Gasteiger partial charge is 0.248 e. The number of rotatable bonds is 5. The third kappa shape index (κ3) is 2.99. The number of nitrogens with zero attached hydrogens (tertiary/aromatic N) is 1. The van der Waals surface area contributed by atoms with Crippen LogP contribution in [-0.2, 0) is 9.59 Å². The van der Waals surface area contributed by atoms with Crippen LogP contribution >= 0.6 is 0 Å². The van der Waals surface area contributed by atoms with Crippen LogP contribution in [0.1, 0.15) is 71.6 Å². The summed E-state index contributed by atoms with van der Waals surface area (Å²) in [5, 5.41) is 3.03. The Bertz CT molecular complexity index is 361. The maximum Gasteiger partial charge on any atom is 0.248 e. The Morgan fingerprint density at radius 2 is 1.85 bits per heavy atom. The van der Waals surface area contributed by atoms with E-state index in [1.807, 2.05) is 11.8 Å². The molecule has 1 aliphatic heterocycles. The lowest BCUT2D eigenvalue weighted by atomic mass is 9.78. The molecular weight excluding hydrogens is 252 g/mol. The van der Waals surface area contributed by atoms with Crippen LogP contribution in [-0.4, -0.2) is 34.8 Å². The van der Waals surface area contributed by atoms with Gasteiger partial charge in [0.25, 0.3) is 0 Å². The van der Waals surface area contributed by atoms with Gasteiger partial charge in [0.2, 0.25) is 11.8 Å². The average molecular weight is 280 g/mol. The maximum atomic E-state index is 12.8. The fraction of sp³-hybridized carbons (Fsp3) is 0.875. The lowest BCUT2D eigenvalue weighted by molar-refractivity contribution is -0.156. The van der Waals surface area contributed by atoms with Crippen molar-refractivity contribution < 1.29 is 9.59 Å². The van der Waals surface area contributed by atoms with Gasteiger partial charge in [0.1, 0.15) is 11.6 Å². The van der Waals surface area contributed by atoms with E-state index in [0.29, 0.717) is 0 Å². The monoisotopic (exact) mass is 280 g/mol. The van der Waals surface area contributed by atoms with Crippen LogP contribution in [0.2, 0.25) is 0 Å². The molecule has 1 saturated heterocycles. The van der Waals surface area contributed by atoms with Crippen LogP contribution in [0.3, 0.4) is 0 Å². The SMILES string of the molecule is CCCCCCN1C(=O)C2(CCCCC2)NC(=O)C1C. The molecule has 2 fully saturated rings. The van der Waals surface area contributed by atoms with Crippen molar-refractivity contribution in [1.29, 1.82) is 0 Å². The first-order valence-electron chi connectivity index (χ1n) is 8.24. The lowest BCUT2D eigenvalue weighted by Gasteiger charge is -2.47. The molecule has 1 aliphatic carbocycles. The van der Waals surface area contributed by atoms with Gasteiger partial charge >= 0.3 is 0 Å². The van der Waals surface area contributed by atoms with Crippen LogP contribution in [0.5, 0.6) is 0 Å². The first kappa shape index (κ1) is 15.3. The molecule has 1 spiro atoms. The molecule has 2 aliphatic rings. The zero-order valence-corrected chi connectivity index (χ0v) is 12.9. The number of unbranched alkanes of at least 4 members (excludes halogenated alkanes) is 3. The highest BCUT2D eigenvalue weighted by atomic mass is 16.2. The second kappa shape index (κ2) is 6.59. The van der Waals surface area contributed by atoms with Crippen molar-refractivity contribution in [1.82, 2.24) is 10.2 Å². The molecule has 4 heteroatoms. The molecule has 1 unspecified atom stereocenters. The molecular formula is C16H28N2O2. The molecule has 1 N–H and O–H groups in total. The molecule has 2 amide bonds. The second-order valence-electron chi connectivity index (χ2n) is 6.37. The fourth-order valence-corrected chi connectivity index (χ4v) is 3.48. The Balaban J connectivity index is 2.04. The fourth-order valence-electron chi connectivity index (χ4n) is 3.48. The summed E-state index contributed by atoms with van der Waals surface area (Å²) >= 11 is 0. The summed E-state index contributed by atoms with van der Waals surface area (Å²) in [6.45, 7) is 4.76. The van der Waals surface area contributed by atoms with Gasteiger partial charge in [-0.2, -0.15) is 0 Å². The molecule has 1 atom stereocenters. The van der Waals surface area contributed by atoms with Gasteiger partial charge in [-0.25, -0.2) is 0 Å². The minimum Gasteiger partial charge on any atom is -0.340 e. The van der Waals surface area contributed by atoms with Crippen LogP contribution in [0.15, 0.2) is 0 Å². The summed E-state index contributed by atoms with van der Waals surface area (Å²) in [7, 11) is 0. The highest BCUT2D eigenvalue weighted by Gasteiger charge is 2.49. The van der Waals surface area contributed by atoms with Crippen molar-refractivity contribution in [3.63, 3.8) is 0 Å².